The molecule has 0 spiro atoms. The van der Waals surface area contributed by atoms with Gasteiger partial charge in [0.1, 0.15) is 12.2 Å². The van der Waals surface area contributed by atoms with Crippen LogP contribution in [0.1, 0.15) is 93.2 Å². The van der Waals surface area contributed by atoms with Crippen LogP contribution in [0, 0.1) is 5.92 Å². The lowest BCUT2D eigenvalue weighted by Gasteiger charge is -2.41. The van der Waals surface area contributed by atoms with Crippen molar-refractivity contribution in [1.82, 2.24) is 4.98 Å². The normalized spacial score (nSPS) is 28.9. The van der Waals surface area contributed by atoms with Gasteiger partial charge in [0.05, 0.1) is 18.1 Å². The number of ether oxygens (including phenoxy) is 3. The highest BCUT2D eigenvalue weighted by Gasteiger charge is 2.42. The monoisotopic (exact) mass is 615 g/mol. The van der Waals surface area contributed by atoms with Crippen molar-refractivity contribution in [3.63, 3.8) is 0 Å². The Bertz CT molecular complexity index is 1100. The molecule has 8 heteroatoms. The lowest BCUT2D eigenvalue weighted by molar-refractivity contribution is -0.221. The molecule has 0 saturated carbocycles. The Kier molecular flexibility index (Phi) is 14.0. The number of hydrogen-bond acceptors (Lipinski definition) is 7. The zero-order chi connectivity index (χ0) is 32.4. The zero-order valence-corrected chi connectivity index (χ0v) is 29.4. The molecule has 0 bridgehead atoms. The second-order valence-corrected chi connectivity index (χ2v) is 18.4. The van der Waals surface area contributed by atoms with E-state index in [0.717, 1.165) is 11.3 Å². The number of carbonyl (C=O) groups excluding carboxylic acids is 1. The maximum absolute atomic E-state index is 13.5. The topological polar surface area (TPSA) is 87.1 Å². The Morgan fingerprint density at radius 1 is 1.26 bits per heavy atom. The summed E-state index contributed by atoms with van der Waals surface area (Å²) in [5.41, 5.74) is 0.963. The van der Waals surface area contributed by atoms with Crippen LogP contribution in [0.15, 0.2) is 60.3 Å². The molecular formula is C35H57NO6Si. The van der Waals surface area contributed by atoms with Crippen molar-refractivity contribution >= 4 is 14.3 Å². The number of carbonyl (C=O) groups is 1. The molecule has 1 aliphatic heterocycles. The third-order valence-electron chi connectivity index (χ3n) is 8.78. The van der Waals surface area contributed by atoms with Gasteiger partial charge < -0.3 is 23.7 Å². The van der Waals surface area contributed by atoms with Gasteiger partial charge in [-0.25, -0.2) is 0 Å². The average molecular weight is 616 g/mol. The van der Waals surface area contributed by atoms with Crippen LogP contribution in [-0.2, 0) is 23.4 Å². The van der Waals surface area contributed by atoms with Crippen LogP contribution in [0.25, 0.3) is 0 Å². The van der Waals surface area contributed by atoms with Crippen molar-refractivity contribution in [2.24, 2.45) is 5.92 Å². The van der Waals surface area contributed by atoms with Gasteiger partial charge in [0, 0.05) is 30.3 Å². The summed E-state index contributed by atoms with van der Waals surface area (Å²) in [5.74, 6) is -0.343. The SMILES string of the molecule is CCOC(C)O[C@]1(C)CC[C@@H](O[Si](C)(C)C(C)(C)C)CC(=O)OC(C(C)=CC=C[C@@H](C)c2ccccn2)[C@@H](C)/C=C/[C@@H]1O. The van der Waals surface area contributed by atoms with E-state index in [9.17, 15) is 9.90 Å². The summed E-state index contributed by atoms with van der Waals surface area (Å²) in [5, 5.41) is 11.4. The van der Waals surface area contributed by atoms with Gasteiger partial charge in [-0.3, -0.25) is 9.78 Å². The maximum Gasteiger partial charge on any atom is 0.308 e. The molecule has 1 N–H and O–H groups in total. The van der Waals surface area contributed by atoms with Crippen LogP contribution < -0.4 is 0 Å². The van der Waals surface area contributed by atoms with Crippen molar-refractivity contribution < 1.29 is 28.5 Å². The molecule has 7 atom stereocenters. The summed E-state index contributed by atoms with van der Waals surface area (Å²) in [6.07, 6.45) is 10.4. The van der Waals surface area contributed by atoms with Crippen LogP contribution in [0.2, 0.25) is 18.1 Å². The number of aliphatic hydroxyl groups is 1. The van der Waals surface area contributed by atoms with Gasteiger partial charge in [0.15, 0.2) is 14.6 Å². The first-order chi connectivity index (χ1) is 20.0. The molecule has 2 unspecified atom stereocenters. The molecule has 1 aromatic heterocycles. The van der Waals surface area contributed by atoms with E-state index in [1.807, 2.05) is 71.0 Å². The minimum Gasteiger partial charge on any atom is -0.457 e. The van der Waals surface area contributed by atoms with Crippen molar-refractivity contribution in [2.45, 2.75) is 136 Å². The third-order valence-corrected chi connectivity index (χ3v) is 13.3. The summed E-state index contributed by atoms with van der Waals surface area (Å²) in [4.78, 5) is 17.9. The molecule has 242 valence electrons. The second kappa shape index (κ2) is 16.3. The van der Waals surface area contributed by atoms with Gasteiger partial charge >= 0.3 is 5.97 Å². The molecule has 2 rings (SSSR count). The van der Waals surface area contributed by atoms with E-state index in [-0.39, 0.29) is 35.4 Å². The summed E-state index contributed by atoms with van der Waals surface area (Å²) in [6, 6.07) is 5.90. The Balaban J connectivity index is 2.42. The Labute approximate surface area is 261 Å². The average Bonchev–Trinajstić information content (AvgIpc) is 2.92. The highest BCUT2D eigenvalue weighted by molar-refractivity contribution is 6.74. The number of pyridine rings is 1. The fourth-order valence-corrected chi connectivity index (χ4v) is 6.34. The molecule has 0 saturated heterocycles. The van der Waals surface area contributed by atoms with E-state index < -0.39 is 32.4 Å². The van der Waals surface area contributed by atoms with Crippen molar-refractivity contribution in [3.05, 3.63) is 66.0 Å². The fraction of sp³-hybridized carbons (Fsp3) is 0.657. The molecule has 43 heavy (non-hydrogen) atoms. The summed E-state index contributed by atoms with van der Waals surface area (Å²) in [6.45, 7) is 23.2. The predicted molar refractivity (Wildman–Crippen MR) is 176 cm³/mol. The lowest BCUT2D eigenvalue weighted by Crippen LogP contribution is -2.47. The quantitative estimate of drug-likeness (QED) is 0.0942. The maximum atomic E-state index is 13.5. The minimum atomic E-state index is -2.20. The molecule has 0 aromatic carbocycles. The molecule has 7 nitrogen and oxygen atoms in total. The Morgan fingerprint density at radius 3 is 2.56 bits per heavy atom. The Morgan fingerprint density at radius 2 is 1.95 bits per heavy atom. The van der Waals surface area contributed by atoms with Crippen LogP contribution in [0.5, 0.6) is 0 Å². The van der Waals surface area contributed by atoms with Crippen molar-refractivity contribution in [3.8, 4) is 0 Å². The first kappa shape index (κ1) is 37.1. The minimum absolute atomic E-state index is 0.0265. The molecule has 1 aromatic rings. The van der Waals surface area contributed by atoms with E-state index >= 15 is 0 Å². The molecule has 0 amide bonds. The van der Waals surface area contributed by atoms with Crippen molar-refractivity contribution in [2.75, 3.05) is 6.61 Å². The van der Waals surface area contributed by atoms with Gasteiger partial charge in [-0.1, -0.05) is 71.1 Å². The fourth-order valence-electron chi connectivity index (χ4n) is 4.96. The summed E-state index contributed by atoms with van der Waals surface area (Å²) < 4.78 is 24.9. The van der Waals surface area contributed by atoms with Crippen LogP contribution in [0.4, 0.5) is 0 Å². The number of esters is 1. The van der Waals surface area contributed by atoms with Gasteiger partial charge in [0.25, 0.3) is 0 Å². The van der Waals surface area contributed by atoms with Crippen LogP contribution in [0.3, 0.4) is 0 Å². The number of allylic oxidation sites excluding steroid dienone is 3. The van der Waals surface area contributed by atoms with E-state index in [4.69, 9.17) is 18.6 Å². The molecule has 0 aliphatic carbocycles. The summed E-state index contributed by atoms with van der Waals surface area (Å²) in [7, 11) is -2.20. The number of nitrogens with zero attached hydrogens (tertiary/aromatic N) is 1. The third kappa shape index (κ3) is 11.4. The van der Waals surface area contributed by atoms with E-state index in [0.29, 0.717) is 19.4 Å². The first-order valence-corrected chi connectivity index (χ1v) is 18.7. The first-order valence-electron chi connectivity index (χ1n) is 15.8. The largest absolute Gasteiger partial charge is 0.457 e. The highest BCUT2D eigenvalue weighted by Crippen LogP contribution is 2.39. The predicted octanol–water partition coefficient (Wildman–Crippen LogP) is 7.88. The summed E-state index contributed by atoms with van der Waals surface area (Å²) >= 11 is 0. The van der Waals surface area contributed by atoms with E-state index in [1.165, 1.54) is 0 Å². The van der Waals surface area contributed by atoms with Gasteiger partial charge in [-0.15, -0.1) is 0 Å². The number of aromatic nitrogens is 1. The van der Waals surface area contributed by atoms with Gasteiger partial charge in [-0.05, 0) is 76.4 Å². The zero-order valence-electron chi connectivity index (χ0n) is 28.4. The molecule has 0 radical (unpaired) electrons. The molecule has 1 aliphatic rings. The number of hydrogen-bond donors (Lipinski definition) is 1. The highest BCUT2D eigenvalue weighted by atomic mass is 28.4. The number of rotatable bonds is 10. The second-order valence-electron chi connectivity index (χ2n) is 13.6. The van der Waals surface area contributed by atoms with Crippen LogP contribution in [-0.4, -0.2) is 61.2 Å². The molecule has 2 heterocycles. The molecular weight excluding hydrogens is 558 g/mol. The smallest absolute Gasteiger partial charge is 0.308 e. The van der Waals surface area contributed by atoms with Gasteiger partial charge in [-0.2, -0.15) is 0 Å². The number of cyclic esters (lactones) is 1. The van der Waals surface area contributed by atoms with Crippen molar-refractivity contribution in [1.29, 1.82) is 0 Å². The van der Waals surface area contributed by atoms with E-state index in [1.54, 1.807) is 12.3 Å². The Hall–Kier alpha value is -2.10. The van der Waals surface area contributed by atoms with Crippen LogP contribution >= 0.6 is 0 Å². The number of aliphatic hydroxyl groups excluding tert-OH is 1. The lowest BCUT2D eigenvalue weighted by atomic mass is 9.88. The molecule has 0 fully saturated rings. The standard InChI is InChI=1S/C35H57NO6Si/c1-12-39-28(5)41-35(9)22-21-29(42-43(10,11)34(6,7)8)24-32(38)40-33(27(4)19-20-31(35)37)26(3)17-15-16-25(2)30-18-13-14-23-36-30/h13-20,23,25,27-29,31,33,37H,12,21-22,24H2,1-11H3/b16-15?,20-19+,26-17?/t25-,27+,28?,29-,31+,33?,35-/m1/s1. The van der Waals surface area contributed by atoms with E-state index in [2.05, 4.69) is 51.8 Å². The van der Waals surface area contributed by atoms with Gasteiger partial charge in [0.2, 0.25) is 0 Å².